The highest BCUT2D eigenvalue weighted by atomic mass is 35.5. The third-order valence-electron chi connectivity index (χ3n) is 4.81. The Bertz CT molecular complexity index is 1110. The van der Waals surface area contributed by atoms with Gasteiger partial charge in [0.15, 0.2) is 5.16 Å². The van der Waals surface area contributed by atoms with Crippen LogP contribution in [0, 0.1) is 0 Å². The maximum Gasteiger partial charge on any atom is 0.262 e. The lowest BCUT2D eigenvalue weighted by molar-refractivity contribution is -0.120. The molecule has 0 saturated carbocycles. The van der Waals surface area contributed by atoms with E-state index >= 15 is 0 Å². The number of aryl methyl sites for hydroxylation is 1. The summed E-state index contributed by atoms with van der Waals surface area (Å²) in [7, 11) is 1.64. The van der Waals surface area contributed by atoms with E-state index < -0.39 is 5.25 Å². The van der Waals surface area contributed by atoms with E-state index in [1.165, 1.54) is 23.1 Å². The van der Waals surface area contributed by atoms with Gasteiger partial charge in [-0.05, 0) is 37.5 Å². The van der Waals surface area contributed by atoms with Gasteiger partial charge in [0, 0.05) is 36.7 Å². The van der Waals surface area contributed by atoms with Crippen LogP contribution in [-0.4, -0.2) is 34.4 Å². The first-order valence-corrected chi connectivity index (χ1v) is 12.2. The number of nitrogens with zero attached hydrogens (tertiary/aromatic N) is 2. The molecule has 0 fully saturated rings. The molecule has 2 aromatic heterocycles. The molecule has 31 heavy (non-hydrogen) atoms. The summed E-state index contributed by atoms with van der Waals surface area (Å²) in [4.78, 5) is 32.4. The Morgan fingerprint density at radius 2 is 2.16 bits per heavy atom. The van der Waals surface area contributed by atoms with Gasteiger partial charge in [-0.2, -0.15) is 0 Å². The van der Waals surface area contributed by atoms with Crippen molar-refractivity contribution in [3.63, 3.8) is 0 Å². The van der Waals surface area contributed by atoms with Crippen LogP contribution in [0.2, 0.25) is 5.02 Å². The molecule has 3 rings (SSSR count). The Kier molecular flexibility index (Phi) is 8.54. The average molecular weight is 480 g/mol. The smallest absolute Gasteiger partial charge is 0.262 e. The minimum Gasteiger partial charge on any atom is -0.385 e. The second-order valence-electron chi connectivity index (χ2n) is 7.05. The molecular formula is C22H26ClN3O3S2. The highest BCUT2D eigenvalue weighted by Crippen LogP contribution is 2.27. The highest BCUT2D eigenvalue weighted by molar-refractivity contribution is 8.00. The number of hydrogen-bond acceptors (Lipinski definition) is 6. The average Bonchev–Trinajstić information content (AvgIpc) is 3.18. The number of ether oxygens (including phenoxy) is 1. The van der Waals surface area contributed by atoms with Gasteiger partial charge in [0.1, 0.15) is 4.83 Å². The molecule has 1 amide bonds. The predicted molar refractivity (Wildman–Crippen MR) is 128 cm³/mol. The first-order valence-electron chi connectivity index (χ1n) is 10.1. The molecular weight excluding hydrogens is 454 g/mol. The second kappa shape index (κ2) is 11.1. The van der Waals surface area contributed by atoms with Gasteiger partial charge in [-0.1, -0.05) is 48.5 Å². The Balaban J connectivity index is 1.80. The van der Waals surface area contributed by atoms with Crippen LogP contribution in [-0.2, 0) is 29.0 Å². The van der Waals surface area contributed by atoms with Gasteiger partial charge in [0.2, 0.25) is 5.91 Å². The number of fused-ring (bicyclic) bond motifs is 1. The number of halogens is 1. The number of amides is 1. The van der Waals surface area contributed by atoms with Crippen LogP contribution in [0.25, 0.3) is 10.2 Å². The normalized spacial score (nSPS) is 12.3. The van der Waals surface area contributed by atoms with Crippen LogP contribution in [0.3, 0.4) is 0 Å². The molecule has 2 heterocycles. The van der Waals surface area contributed by atoms with Gasteiger partial charge in [-0.3, -0.25) is 14.2 Å². The Labute approximate surface area is 195 Å². The molecule has 1 unspecified atom stereocenters. The van der Waals surface area contributed by atoms with Crippen molar-refractivity contribution in [1.29, 1.82) is 0 Å². The monoisotopic (exact) mass is 479 g/mol. The zero-order valence-corrected chi connectivity index (χ0v) is 20.2. The van der Waals surface area contributed by atoms with Crippen molar-refractivity contribution in [3.8, 4) is 0 Å². The van der Waals surface area contributed by atoms with Crippen LogP contribution >= 0.6 is 34.7 Å². The lowest BCUT2D eigenvalue weighted by Gasteiger charge is -2.16. The Hall–Kier alpha value is -1.87. The fourth-order valence-corrected chi connectivity index (χ4v) is 5.23. The van der Waals surface area contributed by atoms with E-state index in [0.717, 1.165) is 21.7 Å². The fourth-order valence-electron chi connectivity index (χ4n) is 3.05. The van der Waals surface area contributed by atoms with Gasteiger partial charge < -0.3 is 10.1 Å². The van der Waals surface area contributed by atoms with E-state index in [4.69, 9.17) is 21.3 Å². The minimum absolute atomic E-state index is 0.0665. The molecule has 0 aliphatic heterocycles. The first kappa shape index (κ1) is 23.8. The number of carbonyl (C=O) groups is 1. The van der Waals surface area contributed by atoms with Crippen molar-refractivity contribution < 1.29 is 9.53 Å². The van der Waals surface area contributed by atoms with Crippen molar-refractivity contribution in [1.82, 2.24) is 14.9 Å². The van der Waals surface area contributed by atoms with Gasteiger partial charge in [0.25, 0.3) is 5.56 Å². The van der Waals surface area contributed by atoms with E-state index in [1.807, 2.05) is 31.2 Å². The summed E-state index contributed by atoms with van der Waals surface area (Å²) >= 11 is 9.00. The summed E-state index contributed by atoms with van der Waals surface area (Å²) in [6.07, 6.45) is 1.54. The molecule has 0 spiro atoms. The van der Waals surface area contributed by atoms with Crippen LogP contribution in [0.1, 0.15) is 30.7 Å². The standard InChI is InChI=1S/C22H26ClN3O3S2/c1-4-16-12-17-20(31-16)25-22(26(21(17)28)10-7-11-29-3)30-14(2)19(27)24-13-15-8-5-6-9-18(15)23/h5-6,8-9,12,14H,4,7,10-11,13H2,1-3H3,(H,24,27). The largest absolute Gasteiger partial charge is 0.385 e. The number of carbonyl (C=O) groups excluding carboxylic acids is 1. The third kappa shape index (κ3) is 5.88. The maximum atomic E-state index is 13.1. The number of thiophene rings is 1. The molecule has 0 saturated heterocycles. The summed E-state index contributed by atoms with van der Waals surface area (Å²) in [5.41, 5.74) is 0.791. The summed E-state index contributed by atoms with van der Waals surface area (Å²) in [6, 6.07) is 9.34. The molecule has 3 aromatic rings. The SMILES string of the molecule is CCc1cc2c(=O)n(CCCOC)c(SC(C)C(=O)NCc3ccccc3Cl)nc2s1. The molecule has 1 N–H and O–H groups in total. The summed E-state index contributed by atoms with van der Waals surface area (Å²) in [5, 5.41) is 4.30. The molecule has 9 heteroatoms. The van der Waals surface area contributed by atoms with Crippen LogP contribution in [0.15, 0.2) is 40.3 Å². The van der Waals surface area contributed by atoms with E-state index in [1.54, 1.807) is 17.7 Å². The van der Waals surface area contributed by atoms with Crippen LogP contribution in [0.5, 0.6) is 0 Å². The zero-order valence-electron chi connectivity index (χ0n) is 17.8. The van der Waals surface area contributed by atoms with Crippen molar-refractivity contribution >= 4 is 50.8 Å². The predicted octanol–water partition coefficient (Wildman–Crippen LogP) is 4.51. The molecule has 0 aliphatic rings. The van der Waals surface area contributed by atoms with Crippen molar-refractivity contribution in [2.75, 3.05) is 13.7 Å². The minimum atomic E-state index is -0.425. The van der Waals surface area contributed by atoms with Crippen LogP contribution in [0.4, 0.5) is 0 Å². The summed E-state index contributed by atoms with van der Waals surface area (Å²) in [6.45, 7) is 5.26. The van der Waals surface area contributed by atoms with Gasteiger partial charge in [-0.25, -0.2) is 4.98 Å². The molecule has 6 nitrogen and oxygen atoms in total. The maximum absolute atomic E-state index is 13.1. The van der Waals surface area contributed by atoms with Gasteiger partial charge in [-0.15, -0.1) is 11.3 Å². The van der Waals surface area contributed by atoms with Crippen molar-refractivity contribution in [2.24, 2.45) is 0 Å². The first-order chi connectivity index (χ1) is 14.9. The Morgan fingerprint density at radius 3 is 2.87 bits per heavy atom. The molecule has 0 aliphatic carbocycles. The summed E-state index contributed by atoms with van der Waals surface area (Å²) in [5.74, 6) is -0.136. The summed E-state index contributed by atoms with van der Waals surface area (Å²) < 4.78 is 6.80. The van der Waals surface area contributed by atoms with E-state index in [0.29, 0.717) is 41.7 Å². The number of rotatable bonds is 10. The van der Waals surface area contributed by atoms with Crippen molar-refractivity contribution in [3.05, 3.63) is 56.1 Å². The molecule has 166 valence electrons. The third-order valence-corrected chi connectivity index (χ3v) is 7.44. The second-order valence-corrected chi connectivity index (χ2v) is 9.88. The van der Waals surface area contributed by atoms with E-state index in [2.05, 4.69) is 12.2 Å². The quantitative estimate of drug-likeness (QED) is 0.263. The lowest BCUT2D eigenvalue weighted by Crippen LogP contribution is -2.31. The highest BCUT2D eigenvalue weighted by Gasteiger charge is 2.20. The topological polar surface area (TPSA) is 73.2 Å². The van der Waals surface area contributed by atoms with E-state index in [-0.39, 0.29) is 11.5 Å². The number of aromatic nitrogens is 2. The fraction of sp³-hybridized carbons (Fsp3) is 0.409. The van der Waals surface area contributed by atoms with Gasteiger partial charge in [0.05, 0.1) is 10.6 Å². The number of nitrogens with one attached hydrogen (secondary N) is 1. The molecule has 1 aromatic carbocycles. The lowest BCUT2D eigenvalue weighted by atomic mass is 10.2. The Morgan fingerprint density at radius 1 is 1.39 bits per heavy atom. The number of hydrogen-bond donors (Lipinski definition) is 1. The molecule has 0 bridgehead atoms. The number of benzene rings is 1. The van der Waals surface area contributed by atoms with Crippen LogP contribution < -0.4 is 10.9 Å². The van der Waals surface area contributed by atoms with E-state index in [9.17, 15) is 9.59 Å². The van der Waals surface area contributed by atoms with Gasteiger partial charge >= 0.3 is 0 Å². The molecule has 0 radical (unpaired) electrons. The molecule has 1 atom stereocenters. The zero-order chi connectivity index (χ0) is 22.4. The number of methoxy groups -OCH3 is 1. The number of thioether (sulfide) groups is 1. The van der Waals surface area contributed by atoms with Crippen molar-refractivity contribution in [2.45, 2.75) is 50.2 Å².